The lowest BCUT2D eigenvalue weighted by atomic mass is 9.64. The number of likely N-dealkylation sites (N-methyl/N-ethyl adjacent to an activating group) is 2. The van der Waals surface area contributed by atoms with E-state index >= 15 is 0 Å². The molecule has 2 nitrogen and oxygen atoms in total. The van der Waals surface area contributed by atoms with E-state index in [2.05, 4.69) is 38.3 Å². The molecule has 118 valence electrons. The SMILES string of the molecule is CCC1CCCCC1C(NC)C1(N(C)C)CCCCC1. The van der Waals surface area contributed by atoms with Gasteiger partial charge in [0.25, 0.3) is 0 Å². The second-order valence-corrected chi connectivity index (χ2v) is 7.44. The van der Waals surface area contributed by atoms with Gasteiger partial charge in [-0.3, -0.25) is 0 Å². The molecule has 0 amide bonds. The summed E-state index contributed by atoms with van der Waals surface area (Å²) in [7, 11) is 6.85. The first-order valence-corrected chi connectivity index (χ1v) is 9.00. The summed E-state index contributed by atoms with van der Waals surface area (Å²) in [5.41, 5.74) is 0.405. The van der Waals surface area contributed by atoms with Gasteiger partial charge in [-0.2, -0.15) is 0 Å². The van der Waals surface area contributed by atoms with Gasteiger partial charge >= 0.3 is 0 Å². The van der Waals surface area contributed by atoms with Crippen LogP contribution in [0.1, 0.15) is 71.1 Å². The average molecular weight is 280 g/mol. The molecule has 0 aromatic rings. The summed E-state index contributed by atoms with van der Waals surface area (Å²) in [5, 5.41) is 3.79. The highest BCUT2D eigenvalue weighted by molar-refractivity contribution is 5.04. The van der Waals surface area contributed by atoms with Crippen molar-refractivity contribution in [3.63, 3.8) is 0 Å². The number of rotatable bonds is 5. The first kappa shape index (κ1) is 16.3. The van der Waals surface area contributed by atoms with Crippen molar-refractivity contribution in [3.05, 3.63) is 0 Å². The number of hydrogen-bond donors (Lipinski definition) is 1. The van der Waals surface area contributed by atoms with Crippen molar-refractivity contribution in [2.45, 2.75) is 82.7 Å². The minimum atomic E-state index is 0.405. The fraction of sp³-hybridized carbons (Fsp3) is 1.00. The third-order valence-electron chi connectivity index (χ3n) is 6.42. The highest BCUT2D eigenvalue weighted by Gasteiger charge is 2.46. The zero-order valence-electron chi connectivity index (χ0n) is 14.3. The van der Waals surface area contributed by atoms with E-state index in [-0.39, 0.29) is 0 Å². The molecule has 3 atom stereocenters. The smallest absolute Gasteiger partial charge is 0.0359 e. The van der Waals surface area contributed by atoms with Crippen LogP contribution in [-0.2, 0) is 0 Å². The van der Waals surface area contributed by atoms with Crippen LogP contribution < -0.4 is 5.32 Å². The average Bonchev–Trinajstić information content (AvgIpc) is 2.49. The third-order valence-corrected chi connectivity index (χ3v) is 6.42. The van der Waals surface area contributed by atoms with Crippen molar-refractivity contribution < 1.29 is 0 Å². The van der Waals surface area contributed by atoms with Crippen LogP contribution in [0.25, 0.3) is 0 Å². The molecule has 2 aliphatic carbocycles. The number of nitrogens with one attached hydrogen (secondary N) is 1. The molecule has 0 aromatic heterocycles. The van der Waals surface area contributed by atoms with Crippen molar-refractivity contribution in [2.24, 2.45) is 11.8 Å². The van der Waals surface area contributed by atoms with Gasteiger partial charge in [-0.15, -0.1) is 0 Å². The lowest BCUT2D eigenvalue weighted by Crippen LogP contribution is -2.63. The van der Waals surface area contributed by atoms with Gasteiger partial charge in [0.2, 0.25) is 0 Å². The minimum Gasteiger partial charge on any atom is -0.315 e. The molecule has 0 aromatic carbocycles. The first-order chi connectivity index (χ1) is 9.65. The summed E-state index contributed by atoms with van der Waals surface area (Å²) in [4.78, 5) is 2.56. The molecule has 0 heterocycles. The van der Waals surface area contributed by atoms with Crippen LogP contribution in [0.4, 0.5) is 0 Å². The van der Waals surface area contributed by atoms with Gasteiger partial charge in [-0.25, -0.2) is 0 Å². The standard InChI is InChI=1S/C18H36N2/c1-5-15-11-7-8-12-16(15)17(19-2)18(20(3)4)13-9-6-10-14-18/h15-17,19H,5-14H2,1-4H3. The molecule has 2 heteroatoms. The fourth-order valence-corrected chi connectivity index (χ4v) is 5.26. The van der Waals surface area contributed by atoms with Crippen LogP contribution in [0.2, 0.25) is 0 Å². The minimum absolute atomic E-state index is 0.405. The Balaban J connectivity index is 2.22. The Bertz CT molecular complexity index is 281. The molecule has 3 unspecified atom stereocenters. The maximum absolute atomic E-state index is 3.79. The molecule has 0 bridgehead atoms. The van der Waals surface area contributed by atoms with Crippen molar-refractivity contribution in [3.8, 4) is 0 Å². The van der Waals surface area contributed by atoms with Gasteiger partial charge in [0, 0.05) is 11.6 Å². The fourth-order valence-electron chi connectivity index (χ4n) is 5.26. The lowest BCUT2D eigenvalue weighted by Gasteiger charge is -2.53. The molecule has 1 N–H and O–H groups in total. The molecular formula is C18H36N2. The van der Waals surface area contributed by atoms with E-state index in [1.54, 1.807) is 0 Å². The topological polar surface area (TPSA) is 15.3 Å². The zero-order chi connectivity index (χ0) is 14.6. The van der Waals surface area contributed by atoms with E-state index in [9.17, 15) is 0 Å². The molecule has 0 radical (unpaired) electrons. The van der Waals surface area contributed by atoms with Crippen LogP contribution in [0, 0.1) is 11.8 Å². The molecule has 20 heavy (non-hydrogen) atoms. The predicted molar refractivity (Wildman–Crippen MR) is 88.1 cm³/mol. The molecule has 2 rings (SSSR count). The van der Waals surface area contributed by atoms with Crippen LogP contribution in [-0.4, -0.2) is 37.6 Å². The third kappa shape index (κ3) is 3.06. The Morgan fingerprint density at radius 2 is 1.70 bits per heavy atom. The van der Waals surface area contributed by atoms with Gasteiger partial charge in [-0.1, -0.05) is 51.9 Å². The zero-order valence-corrected chi connectivity index (χ0v) is 14.3. The van der Waals surface area contributed by atoms with Gasteiger partial charge in [-0.05, 0) is 52.2 Å². The maximum Gasteiger partial charge on any atom is 0.0359 e. The Morgan fingerprint density at radius 3 is 2.25 bits per heavy atom. The second-order valence-electron chi connectivity index (χ2n) is 7.44. The summed E-state index contributed by atoms with van der Waals surface area (Å²) >= 11 is 0. The molecular weight excluding hydrogens is 244 g/mol. The first-order valence-electron chi connectivity index (χ1n) is 9.00. The van der Waals surface area contributed by atoms with Crippen molar-refractivity contribution in [1.29, 1.82) is 0 Å². The normalized spacial score (nSPS) is 32.2. The van der Waals surface area contributed by atoms with Crippen LogP contribution >= 0.6 is 0 Å². The summed E-state index contributed by atoms with van der Waals surface area (Å²) in [6, 6.07) is 0.683. The molecule has 2 aliphatic rings. The van der Waals surface area contributed by atoms with Gasteiger partial charge in [0.1, 0.15) is 0 Å². The van der Waals surface area contributed by atoms with Crippen molar-refractivity contribution in [2.75, 3.05) is 21.1 Å². The molecule has 2 saturated carbocycles. The monoisotopic (exact) mass is 280 g/mol. The van der Waals surface area contributed by atoms with Gasteiger partial charge in [0.15, 0.2) is 0 Å². The summed E-state index contributed by atoms with van der Waals surface area (Å²) in [6.07, 6.45) is 14.2. The van der Waals surface area contributed by atoms with E-state index in [0.717, 1.165) is 11.8 Å². The van der Waals surface area contributed by atoms with Crippen molar-refractivity contribution in [1.82, 2.24) is 10.2 Å². The van der Waals surface area contributed by atoms with Crippen LogP contribution in [0.3, 0.4) is 0 Å². The molecule has 0 aliphatic heterocycles. The lowest BCUT2D eigenvalue weighted by molar-refractivity contribution is 0.0100. The number of nitrogens with zero attached hydrogens (tertiary/aromatic N) is 1. The quantitative estimate of drug-likeness (QED) is 0.817. The predicted octanol–water partition coefficient (Wildman–Crippen LogP) is 4.06. The maximum atomic E-state index is 3.79. The summed E-state index contributed by atoms with van der Waals surface area (Å²) < 4.78 is 0. The van der Waals surface area contributed by atoms with Gasteiger partial charge < -0.3 is 10.2 Å². The van der Waals surface area contributed by atoms with E-state index in [0.29, 0.717) is 11.6 Å². The largest absolute Gasteiger partial charge is 0.315 e. The number of hydrogen-bond acceptors (Lipinski definition) is 2. The molecule has 0 spiro atoms. The van der Waals surface area contributed by atoms with E-state index in [1.807, 2.05) is 0 Å². The Labute approximate surface area is 126 Å². The van der Waals surface area contributed by atoms with E-state index in [1.165, 1.54) is 64.2 Å². The highest BCUT2D eigenvalue weighted by Crippen LogP contribution is 2.43. The highest BCUT2D eigenvalue weighted by atomic mass is 15.2. The summed E-state index contributed by atoms with van der Waals surface area (Å²) in [5.74, 6) is 1.83. The Hall–Kier alpha value is -0.0800. The van der Waals surface area contributed by atoms with E-state index < -0.39 is 0 Å². The summed E-state index contributed by atoms with van der Waals surface area (Å²) in [6.45, 7) is 2.40. The van der Waals surface area contributed by atoms with Crippen molar-refractivity contribution >= 4 is 0 Å². The van der Waals surface area contributed by atoms with Gasteiger partial charge in [0.05, 0.1) is 0 Å². The molecule has 2 fully saturated rings. The Kier molecular flexibility index (Phi) is 5.92. The van der Waals surface area contributed by atoms with E-state index in [4.69, 9.17) is 0 Å². The second kappa shape index (κ2) is 7.26. The molecule has 0 saturated heterocycles. The van der Waals surface area contributed by atoms with Crippen LogP contribution in [0.15, 0.2) is 0 Å². The van der Waals surface area contributed by atoms with Crippen LogP contribution in [0.5, 0.6) is 0 Å². The Morgan fingerprint density at radius 1 is 1.05 bits per heavy atom.